The molecular formula is C20H30BrIN2. The van der Waals surface area contributed by atoms with Crippen molar-refractivity contribution in [2.45, 2.75) is 71.3 Å². The normalized spacial score (nSPS) is 10.6. The summed E-state index contributed by atoms with van der Waals surface area (Å²) in [6.07, 6.45) is 19.0. The molecule has 0 saturated carbocycles. The lowest BCUT2D eigenvalue weighted by molar-refractivity contribution is -0.696. The Morgan fingerprint density at radius 1 is 0.875 bits per heavy atom. The van der Waals surface area contributed by atoms with Crippen molar-refractivity contribution < 1.29 is 28.5 Å². The van der Waals surface area contributed by atoms with E-state index >= 15 is 0 Å². The molecule has 2 nitrogen and oxygen atoms in total. The van der Waals surface area contributed by atoms with Gasteiger partial charge in [-0.1, -0.05) is 67.8 Å². The predicted octanol–water partition coefficient (Wildman–Crippen LogP) is 3.06. The highest BCUT2D eigenvalue weighted by molar-refractivity contribution is 9.10. The second-order valence-corrected chi connectivity index (χ2v) is 7.28. The van der Waals surface area contributed by atoms with E-state index in [9.17, 15) is 0 Å². The summed E-state index contributed by atoms with van der Waals surface area (Å²) >= 11 is 3.48. The fourth-order valence-corrected chi connectivity index (χ4v) is 3.16. The second kappa shape index (κ2) is 12.9. The Balaban J connectivity index is 0.00000288. The summed E-state index contributed by atoms with van der Waals surface area (Å²) < 4.78 is 5.60. The minimum Gasteiger partial charge on any atom is -1.00 e. The molecule has 2 rings (SSSR count). The summed E-state index contributed by atoms with van der Waals surface area (Å²) in [6, 6.07) is 8.43. The number of hydrogen-bond donors (Lipinski definition) is 0. The number of benzene rings is 1. The maximum atomic E-state index is 3.48. The van der Waals surface area contributed by atoms with Crippen molar-refractivity contribution in [1.82, 2.24) is 4.57 Å². The Hall–Kier alpha value is -0.360. The Labute approximate surface area is 172 Å². The van der Waals surface area contributed by atoms with Crippen molar-refractivity contribution in [2.24, 2.45) is 0 Å². The molecule has 0 radical (unpaired) electrons. The molecule has 0 amide bonds. The molecule has 0 N–H and O–H groups in total. The highest BCUT2D eigenvalue weighted by Crippen LogP contribution is 2.13. The van der Waals surface area contributed by atoms with Crippen molar-refractivity contribution in [3.8, 4) is 5.69 Å². The lowest BCUT2D eigenvalue weighted by Crippen LogP contribution is -3.00. The highest BCUT2D eigenvalue weighted by Gasteiger charge is 2.06. The maximum absolute atomic E-state index is 3.48. The highest BCUT2D eigenvalue weighted by atomic mass is 127. The van der Waals surface area contributed by atoms with E-state index < -0.39 is 0 Å². The number of aryl methyl sites for hydroxylation is 1. The summed E-state index contributed by atoms with van der Waals surface area (Å²) in [5, 5.41) is 0. The van der Waals surface area contributed by atoms with Crippen LogP contribution in [0, 0.1) is 0 Å². The number of halogens is 2. The first-order valence-corrected chi connectivity index (χ1v) is 9.92. The molecule has 0 spiro atoms. The van der Waals surface area contributed by atoms with E-state index in [1.165, 1.54) is 63.5 Å². The fraction of sp³-hybridized carbons (Fsp3) is 0.550. The Bertz CT molecular complexity index is 551. The molecule has 0 bridgehead atoms. The van der Waals surface area contributed by atoms with E-state index in [1.54, 1.807) is 0 Å². The standard InChI is InChI=1S/C20H30BrN2.HI/c1-2-3-4-5-6-7-8-9-10-15-22-16-17-23(18-22)20-13-11-19(21)12-14-20;/h11-14,16-18H,2-10,15H2,1H3;1H/q+1;/p-1. The third-order valence-electron chi connectivity index (χ3n) is 4.34. The topological polar surface area (TPSA) is 8.81 Å². The van der Waals surface area contributed by atoms with Gasteiger partial charge in [0, 0.05) is 4.47 Å². The van der Waals surface area contributed by atoms with Gasteiger partial charge in [0.15, 0.2) is 0 Å². The molecule has 134 valence electrons. The van der Waals surface area contributed by atoms with Gasteiger partial charge in [0.05, 0.1) is 6.54 Å². The van der Waals surface area contributed by atoms with Crippen molar-refractivity contribution in [1.29, 1.82) is 0 Å². The molecule has 24 heavy (non-hydrogen) atoms. The number of rotatable bonds is 11. The third-order valence-corrected chi connectivity index (χ3v) is 4.86. The van der Waals surface area contributed by atoms with Crippen molar-refractivity contribution >= 4 is 15.9 Å². The SMILES string of the molecule is CCCCCCCCCCC[n+]1ccn(-c2ccc(Br)cc2)c1.[I-]. The zero-order valence-electron chi connectivity index (χ0n) is 14.8. The van der Waals surface area contributed by atoms with Crippen LogP contribution in [-0.4, -0.2) is 4.57 Å². The van der Waals surface area contributed by atoms with Crippen molar-refractivity contribution in [2.75, 3.05) is 0 Å². The van der Waals surface area contributed by atoms with Gasteiger partial charge in [0.2, 0.25) is 6.33 Å². The minimum atomic E-state index is 0. The van der Waals surface area contributed by atoms with Crippen LogP contribution in [0.25, 0.3) is 5.69 Å². The molecule has 0 unspecified atom stereocenters. The van der Waals surface area contributed by atoms with Gasteiger partial charge in [-0.15, -0.1) is 0 Å². The van der Waals surface area contributed by atoms with Crippen molar-refractivity contribution in [3.63, 3.8) is 0 Å². The van der Waals surface area contributed by atoms with Crippen LogP contribution in [0.5, 0.6) is 0 Å². The molecule has 0 aliphatic rings. The number of nitrogens with zero attached hydrogens (tertiary/aromatic N) is 2. The van der Waals surface area contributed by atoms with Crippen molar-refractivity contribution in [3.05, 3.63) is 47.5 Å². The van der Waals surface area contributed by atoms with Gasteiger partial charge < -0.3 is 24.0 Å². The second-order valence-electron chi connectivity index (χ2n) is 6.36. The molecule has 4 heteroatoms. The third kappa shape index (κ3) is 8.15. The molecule has 0 aliphatic heterocycles. The summed E-state index contributed by atoms with van der Waals surface area (Å²) in [5.41, 5.74) is 1.21. The largest absolute Gasteiger partial charge is 1.00 e. The molecule has 1 heterocycles. The van der Waals surface area contributed by atoms with Gasteiger partial charge in [-0.2, -0.15) is 0 Å². The average molecular weight is 505 g/mol. The summed E-state index contributed by atoms with van der Waals surface area (Å²) in [6.45, 7) is 3.40. The van der Waals surface area contributed by atoms with Crippen LogP contribution in [0.4, 0.5) is 0 Å². The van der Waals surface area contributed by atoms with Crippen LogP contribution in [0.3, 0.4) is 0 Å². The number of aromatic nitrogens is 2. The van der Waals surface area contributed by atoms with E-state index in [0.717, 1.165) is 11.0 Å². The number of imidazole rings is 1. The lowest BCUT2D eigenvalue weighted by atomic mass is 10.1. The van der Waals surface area contributed by atoms with Gasteiger partial charge in [-0.05, 0) is 37.1 Å². The Morgan fingerprint density at radius 2 is 1.46 bits per heavy atom. The molecule has 1 aromatic heterocycles. The van der Waals surface area contributed by atoms with Crippen LogP contribution in [0.1, 0.15) is 64.7 Å². The number of unbranched alkanes of at least 4 members (excludes halogenated alkanes) is 8. The van der Waals surface area contributed by atoms with Gasteiger partial charge >= 0.3 is 0 Å². The van der Waals surface area contributed by atoms with Crippen LogP contribution in [-0.2, 0) is 6.54 Å². The van der Waals surface area contributed by atoms with Gasteiger partial charge in [-0.25, -0.2) is 9.13 Å². The monoisotopic (exact) mass is 504 g/mol. The number of hydrogen-bond acceptors (Lipinski definition) is 0. The summed E-state index contributed by atoms with van der Waals surface area (Å²) in [4.78, 5) is 0. The van der Waals surface area contributed by atoms with Crippen LogP contribution in [0.2, 0.25) is 0 Å². The van der Waals surface area contributed by atoms with E-state index in [1.807, 2.05) is 0 Å². The van der Waals surface area contributed by atoms with E-state index in [-0.39, 0.29) is 24.0 Å². The van der Waals surface area contributed by atoms with E-state index in [0.29, 0.717) is 0 Å². The Morgan fingerprint density at radius 3 is 2.08 bits per heavy atom. The lowest BCUT2D eigenvalue weighted by Gasteiger charge is -2.01. The zero-order valence-corrected chi connectivity index (χ0v) is 18.5. The van der Waals surface area contributed by atoms with Crippen LogP contribution in [0.15, 0.2) is 47.5 Å². The Kier molecular flexibility index (Phi) is 11.7. The van der Waals surface area contributed by atoms with E-state index in [4.69, 9.17) is 0 Å². The molecule has 0 saturated heterocycles. The first kappa shape index (κ1) is 21.7. The quantitative estimate of drug-likeness (QED) is 0.252. The zero-order chi connectivity index (χ0) is 16.3. The summed E-state index contributed by atoms with van der Waals surface area (Å²) in [7, 11) is 0. The fourth-order valence-electron chi connectivity index (χ4n) is 2.90. The average Bonchev–Trinajstić information content (AvgIpc) is 3.03. The minimum absolute atomic E-state index is 0. The maximum Gasteiger partial charge on any atom is 0.248 e. The summed E-state index contributed by atoms with van der Waals surface area (Å²) in [5.74, 6) is 0. The molecule has 0 aliphatic carbocycles. The smallest absolute Gasteiger partial charge is 0.248 e. The van der Waals surface area contributed by atoms with Gasteiger partial charge in [0.25, 0.3) is 0 Å². The first-order valence-electron chi connectivity index (χ1n) is 9.12. The molecule has 0 fully saturated rings. The predicted molar refractivity (Wildman–Crippen MR) is 101 cm³/mol. The molecular weight excluding hydrogens is 475 g/mol. The van der Waals surface area contributed by atoms with E-state index in [2.05, 4.69) is 75.0 Å². The molecule has 0 atom stereocenters. The van der Waals surface area contributed by atoms with Gasteiger partial charge in [-0.3, -0.25) is 0 Å². The van der Waals surface area contributed by atoms with Crippen LogP contribution >= 0.6 is 15.9 Å². The first-order chi connectivity index (χ1) is 11.3. The molecule has 2 aromatic rings. The van der Waals surface area contributed by atoms with Crippen LogP contribution < -0.4 is 28.5 Å². The molecule has 1 aromatic carbocycles. The van der Waals surface area contributed by atoms with Gasteiger partial charge in [0.1, 0.15) is 18.1 Å².